The van der Waals surface area contributed by atoms with Crippen molar-refractivity contribution in [3.63, 3.8) is 0 Å². The van der Waals surface area contributed by atoms with E-state index in [0.29, 0.717) is 6.07 Å². The summed E-state index contributed by atoms with van der Waals surface area (Å²) in [6, 6.07) is 1.46. The van der Waals surface area contributed by atoms with Crippen LogP contribution in [0.5, 0.6) is 5.75 Å². The Bertz CT molecular complexity index is 344. The van der Waals surface area contributed by atoms with E-state index in [-0.39, 0.29) is 0 Å². The Morgan fingerprint density at radius 1 is 1.07 bits per heavy atom. The standard InChI is InChI=1S/C7H3F6NO/c8-6(9,10)5-4(2-1-3-14-5)15-7(11,12)13/h1-3H. The van der Waals surface area contributed by atoms with Gasteiger partial charge in [-0.3, -0.25) is 0 Å². The molecule has 0 saturated heterocycles. The summed E-state index contributed by atoms with van der Waals surface area (Å²) in [5.74, 6) is -1.36. The fraction of sp³-hybridized carbons (Fsp3) is 0.286. The third kappa shape index (κ3) is 3.30. The van der Waals surface area contributed by atoms with Crippen LogP contribution in [-0.4, -0.2) is 11.3 Å². The second kappa shape index (κ2) is 3.59. The van der Waals surface area contributed by atoms with Crippen LogP contribution in [0.25, 0.3) is 0 Å². The highest BCUT2D eigenvalue weighted by atomic mass is 19.4. The van der Waals surface area contributed by atoms with Crippen LogP contribution in [0.2, 0.25) is 0 Å². The number of halogens is 6. The third-order valence-electron chi connectivity index (χ3n) is 1.26. The molecule has 1 heterocycles. The van der Waals surface area contributed by atoms with Gasteiger partial charge in [0, 0.05) is 6.20 Å². The van der Waals surface area contributed by atoms with E-state index in [1.54, 1.807) is 0 Å². The van der Waals surface area contributed by atoms with Gasteiger partial charge in [0.05, 0.1) is 0 Å². The second-order valence-corrected chi connectivity index (χ2v) is 2.40. The fourth-order valence-electron chi connectivity index (χ4n) is 0.810. The van der Waals surface area contributed by atoms with Gasteiger partial charge in [-0.25, -0.2) is 4.98 Å². The quantitative estimate of drug-likeness (QED) is 0.693. The highest BCUT2D eigenvalue weighted by Crippen LogP contribution is 2.36. The van der Waals surface area contributed by atoms with Crippen molar-refractivity contribution in [3.8, 4) is 5.75 Å². The lowest BCUT2D eigenvalue weighted by atomic mass is 10.3. The van der Waals surface area contributed by atoms with Crippen molar-refractivity contribution in [1.29, 1.82) is 0 Å². The Morgan fingerprint density at radius 3 is 2.13 bits per heavy atom. The van der Waals surface area contributed by atoms with Gasteiger partial charge < -0.3 is 4.74 Å². The van der Waals surface area contributed by atoms with Crippen LogP contribution in [0.15, 0.2) is 18.3 Å². The van der Waals surface area contributed by atoms with Gasteiger partial charge >= 0.3 is 12.5 Å². The molecule has 8 heteroatoms. The monoisotopic (exact) mass is 231 g/mol. The minimum Gasteiger partial charge on any atom is -0.403 e. The summed E-state index contributed by atoms with van der Waals surface area (Å²) in [7, 11) is 0. The summed E-state index contributed by atoms with van der Waals surface area (Å²) in [5.41, 5.74) is -1.71. The Hall–Kier alpha value is -1.47. The summed E-state index contributed by atoms with van der Waals surface area (Å²) in [4.78, 5) is 2.78. The van der Waals surface area contributed by atoms with Gasteiger partial charge in [-0.1, -0.05) is 0 Å². The first-order valence-corrected chi connectivity index (χ1v) is 3.48. The molecule has 0 radical (unpaired) electrons. The molecular formula is C7H3F6NO. The first kappa shape index (κ1) is 11.6. The molecule has 0 N–H and O–H groups in total. The van der Waals surface area contributed by atoms with Gasteiger partial charge in [-0.2, -0.15) is 13.2 Å². The lowest BCUT2D eigenvalue weighted by Crippen LogP contribution is -2.20. The van der Waals surface area contributed by atoms with Crippen LogP contribution >= 0.6 is 0 Å². The molecular weight excluding hydrogens is 228 g/mol. The number of hydrogen-bond acceptors (Lipinski definition) is 2. The third-order valence-corrected chi connectivity index (χ3v) is 1.26. The number of rotatable bonds is 1. The predicted octanol–water partition coefficient (Wildman–Crippen LogP) is 3.00. The van der Waals surface area contributed by atoms with Crippen molar-refractivity contribution in [2.45, 2.75) is 12.5 Å². The molecule has 0 unspecified atom stereocenters. The maximum Gasteiger partial charge on any atom is 0.573 e. The molecule has 1 rings (SSSR count). The number of hydrogen-bond donors (Lipinski definition) is 0. The fourth-order valence-corrected chi connectivity index (χ4v) is 0.810. The minimum absolute atomic E-state index is 0.545. The molecule has 84 valence electrons. The molecule has 1 aromatic heterocycles. The summed E-state index contributed by atoms with van der Waals surface area (Å²) in [6.45, 7) is 0. The average molecular weight is 231 g/mol. The topological polar surface area (TPSA) is 22.1 Å². The molecule has 2 nitrogen and oxygen atoms in total. The maximum absolute atomic E-state index is 12.1. The lowest BCUT2D eigenvalue weighted by Gasteiger charge is -2.13. The summed E-state index contributed by atoms with van der Waals surface area (Å²) >= 11 is 0. The van der Waals surface area contributed by atoms with Gasteiger partial charge in [0.2, 0.25) is 0 Å². The maximum atomic E-state index is 12.1. The molecule has 15 heavy (non-hydrogen) atoms. The van der Waals surface area contributed by atoms with E-state index >= 15 is 0 Å². The number of ether oxygens (including phenoxy) is 1. The largest absolute Gasteiger partial charge is 0.573 e. The Kier molecular flexibility index (Phi) is 2.78. The molecule has 0 fully saturated rings. The van der Waals surface area contributed by atoms with Crippen LogP contribution in [-0.2, 0) is 6.18 Å². The first-order valence-electron chi connectivity index (χ1n) is 3.48. The average Bonchev–Trinajstić information content (AvgIpc) is 1.99. The van der Waals surface area contributed by atoms with Gasteiger partial charge in [0.15, 0.2) is 11.4 Å². The van der Waals surface area contributed by atoms with Crippen molar-refractivity contribution < 1.29 is 31.1 Å². The van der Waals surface area contributed by atoms with Crippen molar-refractivity contribution in [2.24, 2.45) is 0 Å². The zero-order valence-corrected chi connectivity index (χ0v) is 6.86. The molecule has 0 aliphatic carbocycles. The summed E-state index contributed by atoms with van der Waals surface area (Å²) in [6.07, 6.45) is -9.43. The van der Waals surface area contributed by atoms with Crippen molar-refractivity contribution in [1.82, 2.24) is 4.98 Å². The van der Waals surface area contributed by atoms with E-state index in [2.05, 4.69) is 9.72 Å². The lowest BCUT2D eigenvalue weighted by molar-refractivity contribution is -0.276. The first-order chi connectivity index (χ1) is 6.70. The van der Waals surface area contributed by atoms with Crippen LogP contribution in [0, 0.1) is 0 Å². The van der Waals surface area contributed by atoms with E-state index in [1.165, 1.54) is 0 Å². The van der Waals surface area contributed by atoms with Crippen LogP contribution < -0.4 is 4.74 Å². The predicted molar refractivity (Wildman–Crippen MR) is 35.9 cm³/mol. The zero-order chi connectivity index (χ0) is 11.7. The summed E-state index contributed by atoms with van der Waals surface area (Å²) in [5, 5.41) is 0. The van der Waals surface area contributed by atoms with E-state index in [0.717, 1.165) is 12.3 Å². The zero-order valence-electron chi connectivity index (χ0n) is 6.86. The molecule has 0 bridgehead atoms. The molecule has 0 aliphatic rings. The molecule has 0 aromatic carbocycles. The Balaban J connectivity index is 3.08. The minimum atomic E-state index is -5.18. The number of pyridine rings is 1. The summed E-state index contributed by atoms with van der Waals surface area (Å²) < 4.78 is 74.6. The molecule has 0 aliphatic heterocycles. The molecule has 0 atom stereocenters. The van der Waals surface area contributed by atoms with Crippen LogP contribution in [0.3, 0.4) is 0 Å². The molecule has 0 amide bonds. The Morgan fingerprint density at radius 2 is 1.67 bits per heavy atom. The highest BCUT2D eigenvalue weighted by Gasteiger charge is 2.40. The number of aromatic nitrogens is 1. The van der Waals surface area contributed by atoms with Gasteiger partial charge in [0.25, 0.3) is 0 Å². The van der Waals surface area contributed by atoms with Gasteiger partial charge in [-0.15, -0.1) is 13.2 Å². The molecule has 0 saturated carbocycles. The number of alkyl halides is 6. The van der Waals surface area contributed by atoms with Crippen LogP contribution in [0.4, 0.5) is 26.3 Å². The smallest absolute Gasteiger partial charge is 0.403 e. The molecule has 0 spiro atoms. The normalized spacial score (nSPS) is 12.7. The SMILES string of the molecule is FC(F)(F)Oc1cccnc1C(F)(F)F. The van der Waals surface area contributed by atoms with Crippen molar-refractivity contribution in [2.75, 3.05) is 0 Å². The van der Waals surface area contributed by atoms with Crippen molar-refractivity contribution in [3.05, 3.63) is 24.0 Å². The number of nitrogens with zero attached hydrogens (tertiary/aromatic N) is 1. The van der Waals surface area contributed by atoms with Gasteiger partial charge in [0.1, 0.15) is 0 Å². The second-order valence-electron chi connectivity index (χ2n) is 2.40. The van der Waals surface area contributed by atoms with E-state index in [4.69, 9.17) is 0 Å². The van der Waals surface area contributed by atoms with Gasteiger partial charge in [-0.05, 0) is 12.1 Å². The Labute approximate surface area is 79.5 Å². The molecule has 1 aromatic rings. The van der Waals surface area contributed by atoms with E-state index < -0.39 is 24.0 Å². The van der Waals surface area contributed by atoms with Crippen LogP contribution in [0.1, 0.15) is 5.69 Å². The highest BCUT2D eigenvalue weighted by molar-refractivity contribution is 5.29. The van der Waals surface area contributed by atoms with E-state index in [9.17, 15) is 26.3 Å². The van der Waals surface area contributed by atoms with E-state index in [1.807, 2.05) is 0 Å². The van der Waals surface area contributed by atoms with Crippen molar-refractivity contribution >= 4 is 0 Å².